The third-order valence-corrected chi connectivity index (χ3v) is 16.0. The molecular formula is C65H94N8O12. The molecule has 0 unspecified atom stereocenters. The van der Waals surface area contributed by atoms with E-state index in [1.807, 2.05) is 87.5 Å². The van der Waals surface area contributed by atoms with Gasteiger partial charge >= 0.3 is 12.2 Å². The summed E-state index contributed by atoms with van der Waals surface area (Å²) in [6.45, 7) is 21.5. The molecule has 3 N–H and O–H groups in total. The van der Waals surface area contributed by atoms with Crippen LogP contribution in [0.3, 0.4) is 0 Å². The molecule has 1 aliphatic carbocycles. The lowest BCUT2D eigenvalue weighted by Crippen LogP contribution is -2.60. The summed E-state index contributed by atoms with van der Waals surface area (Å²) in [5.41, 5.74) is 1.27. The van der Waals surface area contributed by atoms with Crippen molar-refractivity contribution in [3.05, 3.63) is 107 Å². The topological polar surface area (TPSA) is 226 Å². The SMILES string of the molecule is C[C@@H](OCCO[C@H]1C[C@@H](C(=O)N[C@@H]2CCCc3ccccc32)N(C(=O)[C@@H](NC(=O)[C@H](C)N(C)C(=O)OC(C)(C)C)C(C)(C)C)C1)[C@H](NC(=O)[C@H](C)N(C)C(=O)OC(C)(C)C)C(=O)N1CCC[C@H]1CN(CCc1ccccc1)C(=O)c1ccccc1. The molecule has 9 atom stereocenters. The highest BCUT2D eigenvalue weighted by Crippen LogP contribution is 2.32. The van der Waals surface area contributed by atoms with Crippen molar-refractivity contribution in [2.24, 2.45) is 5.41 Å². The van der Waals surface area contributed by atoms with Crippen molar-refractivity contribution in [1.82, 2.24) is 40.4 Å². The van der Waals surface area contributed by atoms with Crippen LogP contribution in [0.25, 0.3) is 0 Å². The van der Waals surface area contributed by atoms with Crippen LogP contribution in [0.4, 0.5) is 9.59 Å². The maximum Gasteiger partial charge on any atom is 0.410 e. The summed E-state index contributed by atoms with van der Waals surface area (Å²) >= 11 is 0. The predicted octanol–water partition coefficient (Wildman–Crippen LogP) is 7.47. The van der Waals surface area contributed by atoms with Gasteiger partial charge in [-0.2, -0.15) is 0 Å². The van der Waals surface area contributed by atoms with E-state index < -0.39 is 101 Å². The Bertz CT molecular complexity index is 2780. The summed E-state index contributed by atoms with van der Waals surface area (Å²) in [5.74, 6) is -2.65. The molecule has 466 valence electrons. The Balaban J connectivity index is 1.20. The number of carbonyl (C=O) groups excluding carboxylic acids is 8. The van der Waals surface area contributed by atoms with Gasteiger partial charge in [-0.05, 0) is 135 Å². The average molecular weight is 1180 g/mol. The number of carbonyl (C=O) groups is 8. The standard InChI is InChI=1S/C65H94N8O12/c1-42(69(13)61(80)84-64(7,8)9)55(74)67-53(59(78)72-35-24-31-48(72)40-71(36-34-45-25-17-15-18-26-45)58(77)47-28-19-16-20-29-47)44(3)82-37-38-83-49-39-52(57(76)66-51-33-23-30-46-27-21-22-32-50(46)51)73(41-49)60(79)54(63(4,5)6)68-56(75)43(2)70(14)62(81)85-65(10,11)12/h15-22,25-29,32,42-44,48-49,51-54H,23-24,30-31,33-41H2,1-14H3,(H,66,76)(H,67,74)(H,68,75)/t42-,43-,44+,48-,49-,51+,52-,53-,54+/m0/s1. The highest BCUT2D eigenvalue weighted by Gasteiger charge is 2.47. The Morgan fingerprint density at radius 3 is 1.85 bits per heavy atom. The van der Waals surface area contributed by atoms with Crippen LogP contribution in [0, 0.1) is 5.41 Å². The van der Waals surface area contributed by atoms with Crippen molar-refractivity contribution >= 4 is 47.6 Å². The molecule has 0 bridgehead atoms. The molecule has 20 nitrogen and oxygen atoms in total. The van der Waals surface area contributed by atoms with E-state index in [1.165, 1.54) is 28.8 Å². The third kappa shape index (κ3) is 18.7. The number of likely N-dealkylation sites (tertiary alicyclic amines) is 2. The number of aryl methyl sites for hydroxylation is 1. The minimum atomic E-state index is -1.25. The van der Waals surface area contributed by atoms with E-state index in [2.05, 4.69) is 22.0 Å². The van der Waals surface area contributed by atoms with Crippen LogP contribution in [0.1, 0.15) is 148 Å². The first-order chi connectivity index (χ1) is 39.9. The maximum absolute atomic E-state index is 15.1. The molecule has 3 aromatic rings. The molecule has 2 heterocycles. The number of rotatable bonds is 22. The van der Waals surface area contributed by atoms with Crippen molar-refractivity contribution in [2.45, 2.75) is 194 Å². The highest BCUT2D eigenvalue weighted by molar-refractivity contribution is 5.96. The van der Waals surface area contributed by atoms with E-state index in [0.717, 1.165) is 29.5 Å². The van der Waals surface area contributed by atoms with E-state index in [0.29, 0.717) is 44.3 Å². The monoisotopic (exact) mass is 1180 g/mol. The van der Waals surface area contributed by atoms with Gasteiger partial charge in [0.05, 0.1) is 31.5 Å². The number of ether oxygens (including phenoxy) is 4. The maximum atomic E-state index is 15.1. The summed E-state index contributed by atoms with van der Waals surface area (Å²) in [6, 6.07) is 20.8. The number of amides is 8. The van der Waals surface area contributed by atoms with E-state index in [1.54, 1.807) is 84.2 Å². The molecule has 2 aliphatic heterocycles. The Kier molecular flexibility index (Phi) is 23.2. The zero-order chi connectivity index (χ0) is 62.6. The van der Waals surface area contributed by atoms with Crippen molar-refractivity contribution in [3.63, 3.8) is 0 Å². The molecule has 3 aromatic carbocycles. The number of likely N-dealkylation sites (N-methyl/N-ethyl adjacent to an activating group) is 2. The normalized spacial score (nSPS) is 19.7. The molecule has 2 saturated heterocycles. The van der Waals surface area contributed by atoms with Crippen LogP contribution in [-0.4, -0.2) is 185 Å². The van der Waals surface area contributed by atoms with Gasteiger partial charge in [0.2, 0.25) is 29.5 Å². The van der Waals surface area contributed by atoms with Gasteiger partial charge in [0.1, 0.15) is 41.4 Å². The minimum absolute atomic E-state index is 0.00471. The van der Waals surface area contributed by atoms with Crippen molar-refractivity contribution in [3.8, 4) is 0 Å². The van der Waals surface area contributed by atoms with Gasteiger partial charge in [0, 0.05) is 58.3 Å². The number of nitrogens with one attached hydrogen (secondary N) is 3. The van der Waals surface area contributed by atoms with E-state index in [-0.39, 0.29) is 50.6 Å². The largest absolute Gasteiger partial charge is 0.444 e. The van der Waals surface area contributed by atoms with Gasteiger partial charge in [-0.25, -0.2) is 9.59 Å². The molecule has 6 rings (SSSR count). The number of fused-ring (bicyclic) bond motifs is 1. The van der Waals surface area contributed by atoms with Crippen molar-refractivity contribution in [1.29, 1.82) is 0 Å². The number of hydrogen-bond acceptors (Lipinski definition) is 12. The summed E-state index contributed by atoms with van der Waals surface area (Å²) in [7, 11) is 2.90. The van der Waals surface area contributed by atoms with Crippen molar-refractivity contribution in [2.75, 3.05) is 53.5 Å². The zero-order valence-corrected chi connectivity index (χ0v) is 52.6. The predicted molar refractivity (Wildman–Crippen MR) is 323 cm³/mol. The average Bonchev–Trinajstić information content (AvgIpc) is 3.96. The molecule has 3 aliphatic rings. The molecule has 0 saturated carbocycles. The van der Waals surface area contributed by atoms with Crippen LogP contribution in [-0.2, 0) is 55.8 Å². The van der Waals surface area contributed by atoms with E-state index in [4.69, 9.17) is 18.9 Å². The minimum Gasteiger partial charge on any atom is -0.444 e. The van der Waals surface area contributed by atoms with Crippen LogP contribution in [0.2, 0.25) is 0 Å². The fraction of sp³-hybridized carbons (Fsp3) is 0.600. The lowest BCUT2D eigenvalue weighted by molar-refractivity contribution is -0.145. The second-order valence-corrected chi connectivity index (χ2v) is 26.0. The Morgan fingerprint density at radius 2 is 1.25 bits per heavy atom. The lowest BCUT2D eigenvalue weighted by Gasteiger charge is -2.37. The van der Waals surface area contributed by atoms with Gasteiger partial charge in [0.25, 0.3) is 5.91 Å². The summed E-state index contributed by atoms with van der Waals surface area (Å²) in [5, 5.41) is 9.06. The first-order valence-corrected chi connectivity index (χ1v) is 30.1. The Morgan fingerprint density at radius 1 is 0.671 bits per heavy atom. The van der Waals surface area contributed by atoms with Crippen LogP contribution < -0.4 is 16.0 Å². The molecule has 2 fully saturated rings. The zero-order valence-electron chi connectivity index (χ0n) is 52.6. The second kappa shape index (κ2) is 29.4. The van der Waals surface area contributed by atoms with Gasteiger partial charge in [0.15, 0.2) is 0 Å². The van der Waals surface area contributed by atoms with E-state index >= 15 is 9.59 Å². The lowest BCUT2D eigenvalue weighted by atomic mass is 9.85. The first-order valence-electron chi connectivity index (χ1n) is 30.1. The second-order valence-electron chi connectivity index (χ2n) is 26.0. The fourth-order valence-corrected chi connectivity index (χ4v) is 10.9. The Labute approximate surface area is 503 Å². The summed E-state index contributed by atoms with van der Waals surface area (Å²) in [6.07, 6.45) is 1.41. The molecule has 0 radical (unpaired) electrons. The van der Waals surface area contributed by atoms with Gasteiger partial charge in [-0.3, -0.25) is 38.6 Å². The van der Waals surface area contributed by atoms with Gasteiger partial charge in [-0.15, -0.1) is 0 Å². The van der Waals surface area contributed by atoms with Gasteiger partial charge in [-0.1, -0.05) is 93.6 Å². The summed E-state index contributed by atoms with van der Waals surface area (Å²) < 4.78 is 23.9. The first kappa shape index (κ1) is 67.1. The molecular weight excluding hydrogens is 1080 g/mol. The van der Waals surface area contributed by atoms with Crippen LogP contribution >= 0.6 is 0 Å². The molecule has 8 amide bonds. The van der Waals surface area contributed by atoms with Crippen LogP contribution in [0.15, 0.2) is 84.9 Å². The molecule has 85 heavy (non-hydrogen) atoms. The number of benzene rings is 3. The number of nitrogens with zero attached hydrogens (tertiary/aromatic N) is 5. The van der Waals surface area contributed by atoms with Crippen LogP contribution in [0.5, 0.6) is 0 Å². The molecule has 0 aromatic heterocycles. The number of hydrogen-bond donors (Lipinski definition) is 3. The summed E-state index contributed by atoms with van der Waals surface area (Å²) in [4.78, 5) is 121. The smallest absolute Gasteiger partial charge is 0.410 e. The highest BCUT2D eigenvalue weighted by atomic mass is 16.6. The fourth-order valence-electron chi connectivity index (χ4n) is 10.9. The van der Waals surface area contributed by atoms with Gasteiger partial charge < -0.3 is 49.6 Å². The van der Waals surface area contributed by atoms with Crippen molar-refractivity contribution < 1.29 is 57.3 Å². The third-order valence-electron chi connectivity index (χ3n) is 16.0. The quantitative estimate of drug-likeness (QED) is 0.0833. The van der Waals surface area contributed by atoms with E-state index in [9.17, 15) is 28.8 Å². The Hall–Kier alpha value is -7.06. The molecule has 0 spiro atoms. The molecule has 20 heteroatoms.